The van der Waals surface area contributed by atoms with Gasteiger partial charge in [0.25, 0.3) is 5.56 Å². The molecule has 5 heteroatoms. The molecule has 78 valence electrons. The molecular weight excluding hydrogens is 222 g/mol. The number of thiophene rings is 1. The van der Waals surface area contributed by atoms with Gasteiger partial charge < -0.3 is 4.57 Å². The second-order valence-corrected chi connectivity index (χ2v) is 4.69. The molecule has 3 aliphatic heterocycles. The van der Waals surface area contributed by atoms with Gasteiger partial charge in [0, 0.05) is 12.4 Å². The fourth-order valence-electron chi connectivity index (χ4n) is 2.16. The number of fused-ring (bicyclic) bond motifs is 5. The smallest absolute Gasteiger partial charge is 0.274 e. The van der Waals surface area contributed by atoms with Gasteiger partial charge in [0.05, 0.1) is 16.9 Å². The Hall–Kier alpha value is -1.88. The summed E-state index contributed by atoms with van der Waals surface area (Å²) >= 11 is 1.49. The molecule has 0 unspecified atom stereocenters. The van der Waals surface area contributed by atoms with E-state index in [1.54, 1.807) is 4.57 Å². The Morgan fingerprint density at radius 1 is 1.38 bits per heavy atom. The molecule has 0 radical (unpaired) electrons. The van der Waals surface area contributed by atoms with Crippen molar-refractivity contribution in [2.75, 3.05) is 0 Å². The Morgan fingerprint density at radius 3 is 3.12 bits per heavy atom. The molecule has 0 amide bonds. The number of hydrogen-bond acceptors (Lipinski definition) is 3. The Morgan fingerprint density at radius 2 is 2.31 bits per heavy atom. The fraction of sp³-hybridized carbons (Fsp3) is 0.0909. The van der Waals surface area contributed by atoms with Crippen LogP contribution in [0, 0.1) is 0 Å². The van der Waals surface area contributed by atoms with Crippen molar-refractivity contribution < 1.29 is 0 Å². The zero-order valence-electron chi connectivity index (χ0n) is 8.25. The monoisotopic (exact) mass is 229 g/mol. The molecule has 1 aromatic rings. The minimum absolute atomic E-state index is 0.0674. The molecule has 4 rings (SSSR count). The third-order valence-corrected chi connectivity index (χ3v) is 3.87. The van der Waals surface area contributed by atoms with Gasteiger partial charge in [-0.05, 0) is 17.5 Å². The topological polar surface area (TPSA) is 39.3 Å². The van der Waals surface area contributed by atoms with Gasteiger partial charge in [0.15, 0.2) is 0 Å². The third kappa shape index (κ3) is 0.806. The molecule has 4 heterocycles. The maximum Gasteiger partial charge on any atom is 0.274 e. The lowest BCUT2D eigenvalue weighted by atomic mass is 10.3. The summed E-state index contributed by atoms with van der Waals surface area (Å²) < 4.78 is 4.58. The van der Waals surface area contributed by atoms with Crippen LogP contribution in [0.3, 0.4) is 0 Å². The van der Waals surface area contributed by atoms with E-state index in [4.69, 9.17) is 0 Å². The summed E-state index contributed by atoms with van der Waals surface area (Å²) in [6, 6.07) is 3.94. The zero-order chi connectivity index (χ0) is 10.7. The van der Waals surface area contributed by atoms with Crippen LogP contribution < -0.4 is 5.56 Å². The Labute approximate surface area is 94.4 Å². The van der Waals surface area contributed by atoms with Crippen molar-refractivity contribution in [2.45, 2.75) is 6.67 Å². The first kappa shape index (κ1) is 8.29. The van der Waals surface area contributed by atoms with Crippen molar-refractivity contribution in [3.8, 4) is 5.69 Å². The maximum atomic E-state index is 12.2. The van der Waals surface area contributed by atoms with Gasteiger partial charge in [-0.2, -0.15) is 0 Å². The Bertz CT molecular complexity index is 761. The van der Waals surface area contributed by atoms with E-state index in [1.165, 1.54) is 11.3 Å². The van der Waals surface area contributed by atoms with Gasteiger partial charge >= 0.3 is 0 Å². The van der Waals surface area contributed by atoms with Crippen molar-refractivity contribution in [3.05, 3.63) is 39.8 Å². The zero-order valence-corrected chi connectivity index (χ0v) is 9.07. The average molecular weight is 229 g/mol. The quantitative estimate of drug-likeness (QED) is 0.578. The number of rotatable bonds is 0. The minimum Gasteiger partial charge on any atom is -0.317 e. The summed E-state index contributed by atoms with van der Waals surface area (Å²) in [6.45, 7) is 0.609. The van der Waals surface area contributed by atoms with E-state index in [1.807, 2.05) is 29.9 Å². The molecule has 0 fully saturated rings. The molecular formula is C11H7N3OS. The molecule has 4 nitrogen and oxygen atoms in total. The number of aliphatic imine (C=N–C) groups is 1. The normalized spacial score (nSPS) is 14.0. The summed E-state index contributed by atoms with van der Waals surface area (Å²) in [5.41, 5.74) is 3.02. The van der Waals surface area contributed by atoms with Gasteiger partial charge in [0.1, 0.15) is 11.4 Å². The largest absolute Gasteiger partial charge is 0.317 e. The van der Waals surface area contributed by atoms with Crippen LogP contribution >= 0.6 is 11.3 Å². The lowest BCUT2D eigenvalue weighted by molar-refractivity contribution is 0.784. The summed E-state index contributed by atoms with van der Waals surface area (Å²) in [7, 11) is 0. The second kappa shape index (κ2) is 2.62. The van der Waals surface area contributed by atoms with Gasteiger partial charge in [-0.3, -0.25) is 14.4 Å². The number of aromatic nitrogens is 2. The second-order valence-electron chi connectivity index (χ2n) is 3.78. The lowest BCUT2D eigenvalue weighted by Gasteiger charge is -2.10. The van der Waals surface area contributed by atoms with Gasteiger partial charge in [-0.1, -0.05) is 0 Å². The Balaban J connectivity index is 2.38. The molecule has 3 aliphatic rings. The van der Waals surface area contributed by atoms with Crippen LogP contribution in [0.5, 0.6) is 0 Å². The van der Waals surface area contributed by atoms with Crippen LogP contribution in [0.25, 0.3) is 15.9 Å². The molecule has 0 spiro atoms. The van der Waals surface area contributed by atoms with Crippen molar-refractivity contribution >= 4 is 27.8 Å². The molecule has 1 aromatic heterocycles. The highest BCUT2D eigenvalue weighted by molar-refractivity contribution is 7.17. The number of hydrogen-bond donors (Lipinski definition) is 0. The van der Waals surface area contributed by atoms with E-state index in [0.29, 0.717) is 6.67 Å². The van der Waals surface area contributed by atoms with Crippen molar-refractivity contribution in [1.82, 2.24) is 9.13 Å². The van der Waals surface area contributed by atoms with Gasteiger partial charge in [-0.25, -0.2) is 0 Å². The van der Waals surface area contributed by atoms with Crippen LogP contribution in [0.1, 0.15) is 5.69 Å². The van der Waals surface area contributed by atoms with Crippen molar-refractivity contribution in [3.63, 3.8) is 0 Å². The third-order valence-electron chi connectivity index (χ3n) is 2.98. The summed E-state index contributed by atoms with van der Waals surface area (Å²) in [6.07, 6.45) is 3.65. The van der Waals surface area contributed by atoms with Crippen LogP contribution in [0.15, 0.2) is 33.5 Å². The van der Waals surface area contributed by atoms with E-state index in [2.05, 4.69) is 9.56 Å². The van der Waals surface area contributed by atoms with E-state index in [-0.39, 0.29) is 5.56 Å². The van der Waals surface area contributed by atoms with E-state index in [9.17, 15) is 4.79 Å². The minimum atomic E-state index is 0.0674. The van der Waals surface area contributed by atoms with E-state index >= 15 is 0 Å². The molecule has 0 saturated heterocycles. The van der Waals surface area contributed by atoms with Crippen LogP contribution in [0.4, 0.5) is 0 Å². The molecule has 0 saturated carbocycles. The molecule has 0 atom stereocenters. The molecule has 0 aliphatic carbocycles. The van der Waals surface area contributed by atoms with E-state index in [0.717, 1.165) is 21.6 Å². The summed E-state index contributed by atoms with van der Waals surface area (Å²) in [5, 5.41) is 1.95. The van der Waals surface area contributed by atoms with Crippen LogP contribution in [-0.2, 0) is 6.67 Å². The predicted octanol–water partition coefficient (Wildman–Crippen LogP) is 1.68. The van der Waals surface area contributed by atoms with E-state index < -0.39 is 0 Å². The van der Waals surface area contributed by atoms with Crippen LogP contribution in [0.2, 0.25) is 0 Å². The molecule has 0 N–H and O–H groups in total. The number of nitrogens with zero attached hydrogens (tertiary/aromatic N) is 3. The van der Waals surface area contributed by atoms with Gasteiger partial charge in [-0.15, -0.1) is 11.3 Å². The standard InChI is InChI=1S/C11H7N3OS/c15-11-10-8(2-4-16-10)14-6-12-5-9(14)7-1-3-13(7)11/h1-5H,6H2. The molecule has 16 heavy (non-hydrogen) atoms. The highest BCUT2D eigenvalue weighted by Crippen LogP contribution is 2.25. The summed E-state index contributed by atoms with van der Waals surface area (Å²) in [5.74, 6) is 0. The fourth-order valence-corrected chi connectivity index (χ4v) is 2.99. The first-order chi connectivity index (χ1) is 7.86. The van der Waals surface area contributed by atoms with Gasteiger partial charge in [0.2, 0.25) is 0 Å². The van der Waals surface area contributed by atoms with Crippen LogP contribution in [-0.4, -0.2) is 15.3 Å². The highest BCUT2D eigenvalue weighted by atomic mass is 32.1. The highest BCUT2D eigenvalue weighted by Gasteiger charge is 2.19. The lowest BCUT2D eigenvalue weighted by Crippen LogP contribution is -2.19. The predicted molar refractivity (Wildman–Crippen MR) is 64.2 cm³/mol. The van der Waals surface area contributed by atoms with Crippen molar-refractivity contribution in [2.24, 2.45) is 4.99 Å². The maximum absolute atomic E-state index is 12.2. The van der Waals surface area contributed by atoms with Crippen molar-refractivity contribution in [1.29, 1.82) is 0 Å². The first-order valence-electron chi connectivity index (χ1n) is 4.97. The SMILES string of the molecule is O=c1c2sccc2n2c(c3ccn1-3)C=NC2. The average Bonchev–Trinajstić information content (AvgIpc) is 2.80. The molecule has 0 bridgehead atoms. The Kier molecular flexibility index (Phi) is 1.36. The molecule has 0 aromatic carbocycles. The first-order valence-corrected chi connectivity index (χ1v) is 5.85. The summed E-state index contributed by atoms with van der Waals surface area (Å²) in [4.78, 5) is 16.4.